The van der Waals surface area contributed by atoms with Crippen LogP contribution >= 0.6 is 19.4 Å². The van der Waals surface area contributed by atoms with E-state index in [4.69, 9.17) is 30.4 Å². The van der Waals surface area contributed by atoms with Gasteiger partial charge in [0.1, 0.15) is 35.2 Å². The van der Waals surface area contributed by atoms with Gasteiger partial charge in [0.25, 0.3) is 5.56 Å². The number of aromatic amines is 1. The summed E-state index contributed by atoms with van der Waals surface area (Å²) in [4.78, 5) is 58.3. The van der Waals surface area contributed by atoms with Gasteiger partial charge in [0.2, 0.25) is 5.60 Å². The van der Waals surface area contributed by atoms with Crippen LogP contribution in [0.5, 0.6) is 5.75 Å². The lowest BCUT2D eigenvalue weighted by atomic mass is 9.55. The van der Waals surface area contributed by atoms with E-state index < -0.39 is 48.5 Å². The normalized spacial score (nSPS) is 18.2. The summed E-state index contributed by atoms with van der Waals surface area (Å²) in [6, 6.07) is 40.2. The molecular weight excluding hydrogens is 785 g/mol. The number of ether oxygens (including phenoxy) is 2. The number of methoxy groups -OCH3 is 1. The second-order valence-corrected chi connectivity index (χ2v) is 15.4. The van der Waals surface area contributed by atoms with Gasteiger partial charge in [0, 0.05) is 28.8 Å². The van der Waals surface area contributed by atoms with Crippen LogP contribution in [0.4, 0.5) is 0 Å². The molecule has 14 nitrogen and oxygen atoms in total. The average molecular weight is 822 g/mol. The lowest BCUT2D eigenvalue weighted by Crippen LogP contribution is -2.65. The summed E-state index contributed by atoms with van der Waals surface area (Å²) in [7, 11) is -3.77. The first-order valence-electron chi connectivity index (χ1n) is 18.2. The number of nitrogens with one attached hydrogen (secondary N) is 1. The van der Waals surface area contributed by atoms with Crippen molar-refractivity contribution in [1.29, 1.82) is 0 Å². The number of phosphoric acid groups is 1. The van der Waals surface area contributed by atoms with E-state index in [9.17, 15) is 23.9 Å². The molecule has 0 radical (unpaired) electrons. The molecule has 1 saturated heterocycles. The fourth-order valence-corrected chi connectivity index (χ4v) is 8.98. The largest absolute Gasteiger partial charge is 0.497 e. The molecule has 7 aromatic rings. The van der Waals surface area contributed by atoms with E-state index in [-0.39, 0.29) is 17.0 Å². The molecule has 0 saturated carbocycles. The third-order valence-electron chi connectivity index (χ3n) is 10.5. The van der Waals surface area contributed by atoms with E-state index in [1.807, 2.05) is 72.8 Å². The summed E-state index contributed by atoms with van der Waals surface area (Å²) in [5.74, 6) is 0.554. The summed E-state index contributed by atoms with van der Waals surface area (Å²) in [6.45, 7) is 1.53. The molecule has 8 rings (SSSR count). The van der Waals surface area contributed by atoms with E-state index in [0.29, 0.717) is 39.0 Å². The predicted molar refractivity (Wildman–Crippen MR) is 215 cm³/mol. The summed E-state index contributed by atoms with van der Waals surface area (Å²) >= 11 is 7.37. The number of fused-ring (bicyclic) bond motifs is 1. The van der Waals surface area contributed by atoms with Crippen LogP contribution < -0.4 is 20.8 Å². The van der Waals surface area contributed by atoms with E-state index in [2.05, 4.69) is 15.3 Å². The highest BCUT2D eigenvalue weighted by molar-refractivity contribution is 7.46. The number of hydrogen-bond acceptors (Lipinski definition) is 9. The maximum absolute atomic E-state index is 13.5. The number of hydrogen-bond donors (Lipinski definition) is 3. The highest BCUT2D eigenvalue weighted by Gasteiger charge is 2.68. The van der Waals surface area contributed by atoms with Crippen molar-refractivity contribution in [3.63, 3.8) is 0 Å². The quantitative estimate of drug-likeness (QED) is 0.0961. The molecule has 16 heteroatoms. The standard InChI is InChI=1S/C42H37ClN5O9P/c1-27-26-47(40(50)44-39(27)49)37-25-36(56-58(51,52)53)38(55-37)42(32-17-9-10-18-33(32)43,57-48-35-20-12-11-19-34(35)45-46-48)41(28-13-5-3-6-14-28,29-15-7-4-8-16-29)30-21-23-31(54-2)24-22-30/h3-24,26,36-38H,25H2,1-2H3,(H,44,49,50)(H2,51,52,53)/t36-,37+,38-,42?/m0/s1. The van der Waals surface area contributed by atoms with Gasteiger partial charge in [-0.1, -0.05) is 120 Å². The highest BCUT2D eigenvalue weighted by Crippen LogP contribution is 2.60. The molecule has 4 atom stereocenters. The number of aryl methyl sites for hydroxylation is 1. The van der Waals surface area contributed by atoms with Crippen molar-refractivity contribution in [3.05, 3.63) is 193 Å². The SMILES string of the molecule is COc1ccc(C(c2ccccc2)(c2ccccc2)C(On2nnc3ccccc32)(c2ccccc2Cl)[C@H]2O[C@@H](n3cc(C)c(=O)[nH]c3=O)C[C@@H]2OP(=O)(O)O)cc1. The maximum atomic E-state index is 13.5. The molecule has 0 amide bonds. The highest BCUT2D eigenvalue weighted by atomic mass is 35.5. The van der Waals surface area contributed by atoms with Gasteiger partial charge < -0.3 is 24.1 Å². The first-order chi connectivity index (χ1) is 28.0. The minimum absolute atomic E-state index is 0.190. The molecule has 0 spiro atoms. The number of aromatic nitrogens is 5. The van der Waals surface area contributed by atoms with Crippen LogP contribution in [0, 0.1) is 6.92 Å². The van der Waals surface area contributed by atoms with Crippen molar-refractivity contribution in [3.8, 4) is 5.75 Å². The Balaban J connectivity index is 1.58. The Labute approximate surface area is 336 Å². The number of H-pyrrole nitrogens is 1. The molecule has 58 heavy (non-hydrogen) atoms. The van der Waals surface area contributed by atoms with Crippen molar-refractivity contribution >= 4 is 30.5 Å². The van der Waals surface area contributed by atoms with Gasteiger partial charge in [0.05, 0.1) is 12.5 Å². The van der Waals surface area contributed by atoms with Crippen LogP contribution in [-0.2, 0) is 24.8 Å². The van der Waals surface area contributed by atoms with Gasteiger partial charge in [-0.15, -0.1) is 5.10 Å². The molecule has 0 bridgehead atoms. The molecule has 1 unspecified atom stereocenters. The number of halogens is 1. The van der Waals surface area contributed by atoms with Crippen LogP contribution in [0.1, 0.15) is 40.5 Å². The summed E-state index contributed by atoms with van der Waals surface area (Å²) in [5.41, 5.74) is -1.83. The molecular formula is C42H37ClN5O9P. The Morgan fingerprint density at radius 2 is 1.45 bits per heavy atom. The monoisotopic (exact) mass is 821 g/mol. The topological polar surface area (TPSA) is 180 Å². The molecule has 2 aromatic heterocycles. The lowest BCUT2D eigenvalue weighted by molar-refractivity contribution is -0.202. The Morgan fingerprint density at radius 1 is 0.845 bits per heavy atom. The van der Waals surface area contributed by atoms with Gasteiger partial charge >= 0.3 is 13.5 Å². The Hall–Kier alpha value is -5.86. The maximum Gasteiger partial charge on any atom is 0.469 e. The van der Waals surface area contributed by atoms with Crippen molar-refractivity contribution in [2.24, 2.45) is 0 Å². The van der Waals surface area contributed by atoms with E-state index in [1.54, 1.807) is 67.8 Å². The fraction of sp³-hybridized carbons (Fsp3) is 0.190. The third-order valence-corrected chi connectivity index (χ3v) is 11.4. The number of rotatable bonds is 12. The molecule has 1 aliphatic heterocycles. The molecule has 1 aliphatic rings. The summed E-state index contributed by atoms with van der Waals surface area (Å²) in [6.07, 6.45) is -3.31. The van der Waals surface area contributed by atoms with Crippen molar-refractivity contribution in [2.45, 2.75) is 42.8 Å². The summed E-state index contributed by atoms with van der Waals surface area (Å²) in [5, 5.41) is 9.07. The Bertz CT molecular complexity index is 2700. The summed E-state index contributed by atoms with van der Waals surface area (Å²) < 4.78 is 32.6. The second kappa shape index (κ2) is 15.5. The van der Waals surface area contributed by atoms with Gasteiger partial charge in [-0.2, -0.15) is 0 Å². The smallest absolute Gasteiger partial charge is 0.469 e. The van der Waals surface area contributed by atoms with E-state index in [0.717, 1.165) is 4.57 Å². The molecule has 3 N–H and O–H groups in total. The number of para-hydroxylation sites is 1. The minimum Gasteiger partial charge on any atom is -0.497 e. The molecule has 3 heterocycles. The fourth-order valence-electron chi connectivity index (χ4n) is 8.16. The van der Waals surface area contributed by atoms with Crippen molar-refractivity contribution in [1.82, 2.24) is 24.7 Å². The first-order valence-corrected chi connectivity index (χ1v) is 20.1. The van der Waals surface area contributed by atoms with Crippen LogP contribution in [0.15, 0.2) is 149 Å². The molecule has 296 valence electrons. The number of phosphoric ester groups is 1. The van der Waals surface area contributed by atoms with Crippen LogP contribution in [0.25, 0.3) is 11.0 Å². The molecule has 0 aliphatic carbocycles. The van der Waals surface area contributed by atoms with E-state index >= 15 is 0 Å². The van der Waals surface area contributed by atoms with Crippen molar-refractivity contribution in [2.75, 3.05) is 7.11 Å². The zero-order valence-electron chi connectivity index (χ0n) is 31.1. The average Bonchev–Trinajstić information content (AvgIpc) is 3.83. The van der Waals surface area contributed by atoms with Gasteiger partial charge in [0.15, 0.2) is 0 Å². The lowest BCUT2D eigenvalue weighted by Gasteiger charge is -2.54. The third kappa shape index (κ3) is 6.73. The van der Waals surface area contributed by atoms with Gasteiger partial charge in [-0.25, -0.2) is 9.36 Å². The zero-order valence-corrected chi connectivity index (χ0v) is 32.7. The Morgan fingerprint density at radius 3 is 2.09 bits per heavy atom. The van der Waals surface area contributed by atoms with E-state index in [1.165, 1.54) is 18.0 Å². The predicted octanol–water partition coefficient (Wildman–Crippen LogP) is 6.08. The van der Waals surface area contributed by atoms with Gasteiger partial charge in [-0.3, -0.25) is 18.9 Å². The number of nitrogens with zero attached hydrogens (tertiary/aromatic N) is 4. The number of benzene rings is 5. The second-order valence-electron chi connectivity index (χ2n) is 13.8. The Kier molecular flexibility index (Phi) is 10.4. The molecule has 1 fully saturated rings. The first kappa shape index (κ1) is 39.0. The minimum atomic E-state index is -5.33. The van der Waals surface area contributed by atoms with Crippen LogP contribution in [0.3, 0.4) is 0 Å². The van der Waals surface area contributed by atoms with Gasteiger partial charge in [-0.05, 0) is 59.2 Å². The van der Waals surface area contributed by atoms with Crippen LogP contribution in [0.2, 0.25) is 5.02 Å². The van der Waals surface area contributed by atoms with Crippen molar-refractivity contribution < 1.29 is 33.2 Å². The molecule has 5 aromatic carbocycles. The zero-order chi connectivity index (χ0) is 40.7. The van der Waals surface area contributed by atoms with Crippen LogP contribution in [-0.4, -0.2) is 53.8 Å².